The van der Waals surface area contributed by atoms with Crippen LogP contribution in [0, 0.1) is 12.3 Å². The third-order valence-electron chi connectivity index (χ3n) is 4.21. The average Bonchev–Trinajstić information content (AvgIpc) is 2.93. The Labute approximate surface area is 151 Å². The highest BCUT2D eigenvalue weighted by Gasteiger charge is 2.53. The maximum Gasteiger partial charge on any atom is 0.326 e. The summed E-state index contributed by atoms with van der Waals surface area (Å²) in [5.41, 5.74) is -0.126. The number of nitrogens with zero attached hydrogens (tertiary/aromatic N) is 1. The van der Waals surface area contributed by atoms with Crippen LogP contribution < -0.4 is 10.6 Å². The maximum atomic E-state index is 13.3. The normalized spacial score (nSPS) is 15.3. The molecule has 0 radical (unpaired) electrons. The van der Waals surface area contributed by atoms with Crippen LogP contribution in [0.3, 0.4) is 0 Å². The van der Waals surface area contributed by atoms with Crippen LogP contribution >= 0.6 is 0 Å². The van der Waals surface area contributed by atoms with E-state index in [1.165, 1.54) is 0 Å². The van der Waals surface area contributed by atoms with Crippen molar-refractivity contribution in [1.29, 1.82) is 0 Å². The van der Waals surface area contributed by atoms with E-state index in [-0.39, 0.29) is 6.54 Å². The zero-order valence-electron chi connectivity index (χ0n) is 13.9. The number of nitrogens with one attached hydrogen (secondary N) is 2. The second-order valence-corrected chi connectivity index (χ2v) is 5.78. The fourth-order valence-electron chi connectivity index (χ4n) is 3.00. The Kier molecular flexibility index (Phi) is 4.72. The summed E-state index contributed by atoms with van der Waals surface area (Å²) in [4.78, 5) is 38.7. The summed E-state index contributed by atoms with van der Waals surface area (Å²) in [5, 5.41) is 5.24. The molecule has 0 spiro atoms. The fraction of sp³-hybridized carbons (Fsp3) is 0.150. The smallest absolute Gasteiger partial charge is 0.326 e. The van der Waals surface area contributed by atoms with E-state index in [4.69, 9.17) is 6.42 Å². The van der Waals surface area contributed by atoms with Gasteiger partial charge in [-0.25, -0.2) is 4.79 Å². The summed E-state index contributed by atoms with van der Waals surface area (Å²) >= 11 is 0. The minimum Gasteiger partial charge on any atom is -0.344 e. The first-order chi connectivity index (χ1) is 12.6. The molecule has 1 aliphatic heterocycles. The molecule has 6 nitrogen and oxygen atoms in total. The van der Waals surface area contributed by atoms with Crippen molar-refractivity contribution < 1.29 is 14.4 Å². The second kappa shape index (κ2) is 7.11. The molecule has 6 heteroatoms. The van der Waals surface area contributed by atoms with E-state index in [1.54, 1.807) is 48.5 Å². The van der Waals surface area contributed by atoms with Crippen LogP contribution in [0.15, 0.2) is 60.7 Å². The number of terminal acetylenes is 1. The second-order valence-electron chi connectivity index (χ2n) is 5.78. The summed E-state index contributed by atoms with van der Waals surface area (Å²) < 4.78 is 0. The molecule has 26 heavy (non-hydrogen) atoms. The number of carbonyl (C=O) groups excluding carboxylic acids is 3. The summed E-state index contributed by atoms with van der Waals surface area (Å²) in [6, 6.07) is 17.3. The third-order valence-corrected chi connectivity index (χ3v) is 4.21. The first-order valence-electron chi connectivity index (χ1n) is 8.05. The highest BCUT2D eigenvalue weighted by molar-refractivity contribution is 6.11. The number of carbonyl (C=O) groups is 3. The monoisotopic (exact) mass is 347 g/mol. The van der Waals surface area contributed by atoms with Crippen LogP contribution in [0.2, 0.25) is 0 Å². The molecule has 1 aliphatic rings. The van der Waals surface area contributed by atoms with Gasteiger partial charge in [0.15, 0.2) is 5.54 Å². The third kappa shape index (κ3) is 2.91. The molecule has 3 rings (SSSR count). The molecular formula is C20H17N3O3. The fourth-order valence-corrected chi connectivity index (χ4v) is 3.00. The van der Waals surface area contributed by atoms with Gasteiger partial charge in [0.25, 0.3) is 5.91 Å². The van der Waals surface area contributed by atoms with Gasteiger partial charge in [-0.15, -0.1) is 6.42 Å². The number of benzene rings is 2. The number of rotatable bonds is 5. The standard InChI is InChI=1S/C20H17N3O3/c1-2-13-21-17(24)14-23-18(25)20(22-19(23)26,15-9-5-3-6-10-15)16-11-7-4-8-12-16/h1,3-12H,13-14H2,(H,21,24)(H,22,26). The maximum absolute atomic E-state index is 13.3. The van der Waals surface area contributed by atoms with Crippen LogP contribution in [-0.2, 0) is 15.1 Å². The molecule has 0 aromatic heterocycles. The van der Waals surface area contributed by atoms with Crippen molar-refractivity contribution in [2.45, 2.75) is 5.54 Å². The van der Waals surface area contributed by atoms with E-state index in [0.717, 1.165) is 4.90 Å². The number of amides is 4. The molecule has 0 saturated carbocycles. The minimum atomic E-state index is -1.37. The number of imide groups is 1. The number of hydrogen-bond donors (Lipinski definition) is 2. The average molecular weight is 347 g/mol. The highest BCUT2D eigenvalue weighted by atomic mass is 16.2. The van der Waals surface area contributed by atoms with Gasteiger partial charge in [0.2, 0.25) is 5.91 Å². The molecule has 0 bridgehead atoms. The van der Waals surface area contributed by atoms with E-state index in [9.17, 15) is 14.4 Å². The van der Waals surface area contributed by atoms with E-state index in [2.05, 4.69) is 16.6 Å². The van der Waals surface area contributed by atoms with Crippen molar-refractivity contribution >= 4 is 17.8 Å². The largest absolute Gasteiger partial charge is 0.344 e. The van der Waals surface area contributed by atoms with Gasteiger partial charge >= 0.3 is 6.03 Å². The van der Waals surface area contributed by atoms with Gasteiger partial charge in [-0.2, -0.15) is 0 Å². The first kappa shape index (κ1) is 17.2. The number of hydrogen-bond acceptors (Lipinski definition) is 3. The molecule has 4 amide bonds. The van der Waals surface area contributed by atoms with Gasteiger partial charge in [-0.05, 0) is 11.1 Å². The molecule has 0 atom stereocenters. The lowest BCUT2D eigenvalue weighted by Gasteiger charge is -2.27. The predicted molar refractivity (Wildman–Crippen MR) is 95.8 cm³/mol. The van der Waals surface area contributed by atoms with Crippen molar-refractivity contribution in [3.8, 4) is 12.3 Å². The highest BCUT2D eigenvalue weighted by Crippen LogP contribution is 2.35. The molecule has 0 unspecified atom stereocenters. The lowest BCUT2D eigenvalue weighted by Crippen LogP contribution is -2.46. The Bertz CT molecular complexity index is 833. The Morgan fingerprint density at radius 3 is 2.08 bits per heavy atom. The van der Waals surface area contributed by atoms with E-state index >= 15 is 0 Å². The van der Waals surface area contributed by atoms with E-state index < -0.39 is 29.9 Å². The lowest BCUT2D eigenvalue weighted by molar-refractivity contribution is -0.134. The Balaban J connectivity index is 2.02. The summed E-state index contributed by atoms with van der Waals surface area (Å²) in [7, 11) is 0. The van der Waals surface area contributed by atoms with Crippen LogP contribution in [0.1, 0.15) is 11.1 Å². The number of urea groups is 1. The van der Waals surface area contributed by atoms with Gasteiger partial charge in [0.1, 0.15) is 6.54 Å². The van der Waals surface area contributed by atoms with Gasteiger partial charge in [0.05, 0.1) is 6.54 Å². The summed E-state index contributed by atoms with van der Waals surface area (Å²) in [6.45, 7) is -0.362. The van der Waals surface area contributed by atoms with Gasteiger partial charge in [-0.3, -0.25) is 14.5 Å². The Morgan fingerprint density at radius 1 is 1.04 bits per heavy atom. The molecule has 2 aromatic rings. The minimum absolute atomic E-state index is 0.0327. The molecule has 1 saturated heterocycles. The lowest BCUT2D eigenvalue weighted by atomic mass is 9.82. The van der Waals surface area contributed by atoms with Gasteiger partial charge < -0.3 is 10.6 Å². The van der Waals surface area contributed by atoms with Crippen LogP contribution in [0.5, 0.6) is 0 Å². The van der Waals surface area contributed by atoms with Crippen LogP contribution in [0.25, 0.3) is 0 Å². The molecule has 1 fully saturated rings. The van der Waals surface area contributed by atoms with Crippen molar-refractivity contribution in [2.75, 3.05) is 13.1 Å². The zero-order valence-corrected chi connectivity index (χ0v) is 13.9. The summed E-state index contributed by atoms with van der Waals surface area (Å²) in [5.74, 6) is 1.28. The quantitative estimate of drug-likeness (QED) is 0.631. The van der Waals surface area contributed by atoms with Crippen molar-refractivity contribution in [3.05, 3.63) is 71.8 Å². The van der Waals surface area contributed by atoms with Crippen molar-refractivity contribution in [2.24, 2.45) is 0 Å². The molecule has 0 aliphatic carbocycles. The van der Waals surface area contributed by atoms with Gasteiger partial charge in [0, 0.05) is 0 Å². The Hall–Kier alpha value is -3.59. The van der Waals surface area contributed by atoms with E-state index in [1.807, 2.05) is 12.1 Å². The molecular weight excluding hydrogens is 330 g/mol. The SMILES string of the molecule is C#CCNC(=O)CN1C(=O)NC(c2ccccc2)(c2ccccc2)C1=O. The zero-order chi connectivity index (χ0) is 18.6. The van der Waals surface area contributed by atoms with Gasteiger partial charge in [-0.1, -0.05) is 66.6 Å². The topological polar surface area (TPSA) is 78.5 Å². The molecule has 1 heterocycles. The van der Waals surface area contributed by atoms with Crippen LogP contribution in [-0.4, -0.2) is 35.8 Å². The van der Waals surface area contributed by atoms with Crippen LogP contribution in [0.4, 0.5) is 4.79 Å². The molecule has 2 N–H and O–H groups in total. The van der Waals surface area contributed by atoms with E-state index in [0.29, 0.717) is 11.1 Å². The Morgan fingerprint density at radius 2 is 1.58 bits per heavy atom. The van der Waals surface area contributed by atoms with Crippen molar-refractivity contribution in [1.82, 2.24) is 15.5 Å². The first-order valence-corrected chi connectivity index (χ1v) is 8.05. The molecule has 130 valence electrons. The predicted octanol–water partition coefficient (Wildman–Crippen LogP) is 1.23. The summed E-state index contributed by atoms with van der Waals surface area (Å²) in [6.07, 6.45) is 5.11. The molecule has 2 aromatic carbocycles. The van der Waals surface area contributed by atoms with Crippen molar-refractivity contribution in [3.63, 3.8) is 0 Å².